The Morgan fingerprint density at radius 1 is 1.14 bits per heavy atom. The highest BCUT2D eigenvalue weighted by molar-refractivity contribution is 5.88. The molecule has 2 N–H and O–H groups in total. The molecule has 0 radical (unpaired) electrons. The summed E-state index contributed by atoms with van der Waals surface area (Å²) in [7, 11) is 0. The third kappa shape index (κ3) is 7.84. The van der Waals surface area contributed by atoms with E-state index in [0.717, 1.165) is 20.8 Å². The molecule has 0 bridgehead atoms. The molecular formula is C17H26N2O10. The molecule has 0 aliphatic carbocycles. The number of nitrogens with one attached hydrogen (secondary N) is 1. The Kier molecular flexibility index (Phi) is 8.22. The molecule has 164 valence electrons. The fourth-order valence-corrected chi connectivity index (χ4v) is 2.50. The number of esters is 3. The minimum absolute atomic E-state index is 0.410. The fraction of sp³-hybridized carbons (Fsp3) is 0.706. The second-order valence-corrected chi connectivity index (χ2v) is 7.17. The van der Waals surface area contributed by atoms with E-state index in [4.69, 9.17) is 23.7 Å². The van der Waals surface area contributed by atoms with Crippen LogP contribution in [0, 0.1) is 0 Å². The van der Waals surface area contributed by atoms with Gasteiger partial charge in [-0.3, -0.25) is 14.4 Å². The Morgan fingerprint density at radius 2 is 1.76 bits per heavy atom. The third-order valence-corrected chi connectivity index (χ3v) is 3.38. The van der Waals surface area contributed by atoms with Crippen molar-refractivity contribution in [1.82, 2.24) is 5.32 Å². The first-order valence-electron chi connectivity index (χ1n) is 8.70. The summed E-state index contributed by atoms with van der Waals surface area (Å²) in [5, 5.41) is 14.6. The number of hydrogen-bond donors (Lipinski definition) is 2. The van der Waals surface area contributed by atoms with Crippen molar-refractivity contribution in [3.63, 3.8) is 0 Å². The summed E-state index contributed by atoms with van der Waals surface area (Å²) >= 11 is 0. The van der Waals surface area contributed by atoms with Crippen molar-refractivity contribution in [2.24, 2.45) is 5.16 Å². The average molecular weight is 418 g/mol. The monoisotopic (exact) mass is 418 g/mol. The molecule has 1 aliphatic heterocycles. The number of oxime groups is 1. The summed E-state index contributed by atoms with van der Waals surface area (Å²) in [6.45, 7) is 7.88. The molecule has 1 heterocycles. The van der Waals surface area contributed by atoms with E-state index >= 15 is 0 Å². The summed E-state index contributed by atoms with van der Waals surface area (Å²) < 4.78 is 25.8. The molecule has 12 heteroatoms. The van der Waals surface area contributed by atoms with Crippen LogP contribution in [0.3, 0.4) is 0 Å². The molecule has 1 fully saturated rings. The predicted molar refractivity (Wildman–Crippen MR) is 95.0 cm³/mol. The van der Waals surface area contributed by atoms with Gasteiger partial charge in [-0.05, 0) is 20.8 Å². The third-order valence-electron chi connectivity index (χ3n) is 3.38. The van der Waals surface area contributed by atoms with Gasteiger partial charge in [0.1, 0.15) is 12.2 Å². The minimum atomic E-state index is -1.27. The van der Waals surface area contributed by atoms with Crippen LogP contribution in [0.15, 0.2) is 5.16 Å². The SMILES string of the molecule is CC(=O)OCC(OC(C)=O)[C@H]1O/C(=N/O)C(NC(=O)OC(C)(C)C)[C@H]1OC(C)=O. The zero-order valence-electron chi connectivity index (χ0n) is 17.1. The van der Waals surface area contributed by atoms with Gasteiger partial charge in [0.2, 0.25) is 0 Å². The summed E-state index contributed by atoms with van der Waals surface area (Å²) in [5.41, 5.74) is -0.827. The first kappa shape index (κ1) is 24.0. The van der Waals surface area contributed by atoms with Gasteiger partial charge in [-0.2, -0.15) is 0 Å². The molecule has 0 spiro atoms. The Hall–Kier alpha value is -3.05. The average Bonchev–Trinajstić information content (AvgIpc) is 2.86. The highest BCUT2D eigenvalue weighted by Gasteiger charge is 2.52. The molecule has 1 rings (SSSR count). The van der Waals surface area contributed by atoms with Crippen LogP contribution in [-0.4, -0.2) is 71.7 Å². The Morgan fingerprint density at radius 3 is 2.21 bits per heavy atom. The van der Waals surface area contributed by atoms with Crippen molar-refractivity contribution in [2.75, 3.05) is 6.61 Å². The Labute approximate surface area is 167 Å². The van der Waals surface area contributed by atoms with E-state index in [1.165, 1.54) is 0 Å². The molecule has 12 nitrogen and oxygen atoms in total. The van der Waals surface area contributed by atoms with E-state index in [1.807, 2.05) is 0 Å². The van der Waals surface area contributed by atoms with Gasteiger partial charge in [0.25, 0.3) is 5.90 Å². The van der Waals surface area contributed by atoms with E-state index in [-0.39, 0.29) is 0 Å². The van der Waals surface area contributed by atoms with Crippen molar-refractivity contribution < 1.29 is 48.1 Å². The second-order valence-electron chi connectivity index (χ2n) is 7.17. The fourth-order valence-electron chi connectivity index (χ4n) is 2.50. The second kappa shape index (κ2) is 9.94. The molecule has 1 amide bonds. The van der Waals surface area contributed by atoms with Crippen molar-refractivity contribution >= 4 is 29.9 Å². The zero-order valence-corrected chi connectivity index (χ0v) is 17.1. The summed E-state index contributed by atoms with van der Waals surface area (Å²) in [6, 6.07) is -1.25. The van der Waals surface area contributed by atoms with Crippen LogP contribution < -0.4 is 5.32 Å². The number of rotatable bonds is 6. The smallest absolute Gasteiger partial charge is 0.408 e. The van der Waals surface area contributed by atoms with E-state index in [1.54, 1.807) is 20.8 Å². The number of alkyl carbamates (subject to hydrolysis) is 1. The topological polar surface area (TPSA) is 159 Å². The van der Waals surface area contributed by atoms with Crippen LogP contribution in [0.4, 0.5) is 4.79 Å². The molecule has 4 atom stereocenters. The Balaban J connectivity index is 3.17. The number of amides is 1. The predicted octanol–water partition coefficient (Wildman–Crippen LogP) is 0.493. The molecule has 0 aromatic heterocycles. The molecule has 0 saturated carbocycles. The van der Waals surface area contributed by atoms with Crippen LogP contribution in [0.5, 0.6) is 0 Å². The number of carbonyl (C=O) groups excluding carboxylic acids is 4. The maximum Gasteiger partial charge on any atom is 0.408 e. The first-order chi connectivity index (χ1) is 13.3. The van der Waals surface area contributed by atoms with Crippen molar-refractivity contribution in [2.45, 2.75) is 71.5 Å². The molecule has 29 heavy (non-hydrogen) atoms. The van der Waals surface area contributed by atoms with Crippen LogP contribution >= 0.6 is 0 Å². The first-order valence-corrected chi connectivity index (χ1v) is 8.70. The number of ether oxygens (including phenoxy) is 5. The van der Waals surface area contributed by atoms with E-state index in [2.05, 4.69) is 10.5 Å². The van der Waals surface area contributed by atoms with Gasteiger partial charge in [-0.15, -0.1) is 0 Å². The van der Waals surface area contributed by atoms with Gasteiger partial charge in [0, 0.05) is 20.8 Å². The molecular weight excluding hydrogens is 392 g/mol. The van der Waals surface area contributed by atoms with Crippen LogP contribution in [0.1, 0.15) is 41.5 Å². The standard InChI is InChI=1S/C17H26N2O10/c1-8(20)25-7-11(26-9(2)21)13-14(27-10(3)22)12(15(19-24)28-13)18-16(23)29-17(4,5)6/h11-14,24H,7H2,1-6H3,(H,18,23)/b19-15+/t11?,12?,13-,14-/m1/s1. The normalized spacial score (nSPS) is 23.5. The number of carbonyl (C=O) groups is 4. The number of hydrogen-bond acceptors (Lipinski definition) is 11. The van der Waals surface area contributed by atoms with Gasteiger partial charge >= 0.3 is 24.0 Å². The number of nitrogens with zero attached hydrogens (tertiary/aromatic N) is 1. The lowest BCUT2D eigenvalue weighted by molar-refractivity contribution is -0.171. The Bertz CT molecular complexity index is 670. The van der Waals surface area contributed by atoms with Gasteiger partial charge in [0.05, 0.1) is 0 Å². The molecule has 1 saturated heterocycles. The van der Waals surface area contributed by atoms with E-state index in [0.29, 0.717) is 0 Å². The molecule has 0 aromatic carbocycles. The van der Waals surface area contributed by atoms with Crippen LogP contribution in [0.25, 0.3) is 0 Å². The largest absolute Gasteiger partial charge is 0.466 e. The zero-order chi connectivity index (χ0) is 22.4. The quantitative estimate of drug-likeness (QED) is 0.269. The van der Waals surface area contributed by atoms with Crippen LogP contribution in [0.2, 0.25) is 0 Å². The summed E-state index contributed by atoms with van der Waals surface area (Å²) in [6.07, 6.45) is -4.63. The van der Waals surface area contributed by atoms with Crippen molar-refractivity contribution in [1.29, 1.82) is 0 Å². The maximum atomic E-state index is 12.2. The molecule has 1 aliphatic rings. The van der Waals surface area contributed by atoms with Gasteiger partial charge in [0.15, 0.2) is 24.4 Å². The highest BCUT2D eigenvalue weighted by Crippen LogP contribution is 2.26. The maximum absolute atomic E-state index is 12.2. The van der Waals surface area contributed by atoms with Crippen molar-refractivity contribution in [3.8, 4) is 0 Å². The van der Waals surface area contributed by atoms with Gasteiger partial charge in [-0.25, -0.2) is 4.79 Å². The summed E-state index contributed by atoms with van der Waals surface area (Å²) in [5.74, 6) is -2.53. The van der Waals surface area contributed by atoms with Crippen LogP contribution in [-0.2, 0) is 38.1 Å². The lowest BCUT2D eigenvalue weighted by atomic mass is 10.0. The molecule has 0 aromatic rings. The van der Waals surface area contributed by atoms with Crippen molar-refractivity contribution in [3.05, 3.63) is 0 Å². The van der Waals surface area contributed by atoms with Gasteiger partial charge in [-0.1, -0.05) is 5.16 Å². The lowest BCUT2D eigenvalue weighted by Crippen LogP contribution is -2.52. The highest BCUT2D eigenvalue weighted by atomic mass is 16.6. The lowest BCUT2D eigenvalue weighted by Gasteiger charge is -2.27. The molecule has 2 unspecified atom stereocenters. The minimum Gasteiger partial charge on any atom is -0.466 e. The van der Waals surface area contributed by atoms with Gasteiger partial charge < -0.3 is 34.2 Å². The van der Waals surface area contributed by atoms with E-state index < -0.39 is 66.5 Å². The van der Waals surface area contributed by atoms with E-state index in [9.17, 15) is 24.4 Å². The summed E-state index contributed by atoms with van der Waals surface area (Å²) in [4.78, 5) is 46.4.